The zero-order chi connectivity index (χ0) is 14.7. The van der Waals surface area contributed by atoms with E-state index < -0.39 is 0 Å². The van der Waals surface area contributed by atoms with Crippen LogP contribution in [0.1, 0.15) is 38.7 Å². The van der Waals surface area contributed by atoms with Gasteiger partial charge >= 0.3 is 0 Å². The number of hydrogen-bond donors (Lipinski definition) is 1. The van der Waals surface area contributed by atoms with E-state index in [2.05, 4.69) is 48.3 Å². The molecule has 1 fully saturated rings. The highest BCUT2D eigenvalue weighted by atomic mass is 16.5. The van der Waals surface area contributed by atoms with Gasteiger partial charge < -0.3 is 15.0 Å². The van der Waals surface area contributed by atoms with Crippen molar-refractivity contribution in [3.05, 3.63) is 29.8 Å². The normalized spacial score (nSPS) is 26.4. The third-order valence-electron chi connectivity index (χ3n) is 4.84. The minimum atomic E-state index is 0.312. The highest BCUT2D eigenvalue weighted by molar-refractivity contribution is 5.37. The Morgan fingerprint density at radius 2 is 2.10 bits per heavy atom. The summed E-state index contributed by atoms with van der Waals surface area (Å²) in [5, 5.41) is 3.75. The molecule has 2 unspecified atom stereocenters. The average Bonchev–Trinajstić information content (AvgIpc) is 2.74. The maximum Gasteiger partial charge on any atom is 0.123 e. The minimum Gasteiger partial charge on any atom is -0.488 e. The molecule has 1 saturated heterocycles. The molecule has 2 aliphatic heterocycles. The first-order valence-electron chi connectivity index (χ1n) is 8.44. The Morgan fingerprint density at radius 1 is 1.24 bits per heavy atom. The second-order valence-corrected chi connectivity index (χ2v) is 6.72. The smallest absolute Gasteiger partial charge is 0.123 e. The van der Waals surface area contributed by atoms with Gasteiger partial charge in [0.1, 0.15) is 11.9 Å². The average molecular weight is 288 g/mol. The highest BCUT2D eigenvalue weighted by Gasteiger charge is 2.24. The van der Waals surface area contributed by atoms with Crippen LogP contribution in [0.15, 0.2) is 24.3 Å². The number of benzene rings is 1. The maximum atomic E-state index is 6.02. The van der Waals surface area contributed by atoms with Gasteiger partial charge in [-0.2, -0.15) is 0 Å². The maximum absolute atomic E-state index is 6.02. The Morgan fingerprint density at radius 3 is 2.90 bits per heavy atom. The molecule has 0 spiro atoms. The molecule has 2 atom stereocenters. The molecule has 0 aromatic heterocycles. The van der Waals surface area contributed by atoms with E-state index in [-0.39, 0.29) is 0 Å². The lowest BCUT2D eigenvalue weighted by Crippen LogP contribution is -2.38. The van der Waals surface area contributed by atoms with Crippen LogP contribution in [0.25, 0.3) is 0 Å². The van der Waals surface area contributed by atoms with Gasteiger partial charge in [-0.15, -0.1) is 0 Å². The quantitative estimate of drug-likeness (QED) is 0.922. The standard InChI is InChI=1S/C18H28N2O/c1-14(2)20-10-5-7-16(9-11-20)19-13-17-12-15-6-3-4-8-18(15)21-17/h3-4,6,8,14,16-17,19H,5,7,9-13H2,1-2H3. The van der Waals surface area contributed by atoms with Crippen LogP contribution in [0.2, 0.25) is 0 Å². The summed E-state index contributed by atoms with van der Waals surface area (Å²) < 4.78 is 6.02. The van der Waals surface area contributed by atoms with Gasteiger partial charge in [-0.05, 0) is 57.8 Å². The molecule has 2 heterocycles. The molecular weight excluding hydrogens is 260 g/mol. The Labute approximate surface area is 128 Å². The van der Waals surface area contributed by atoms with E-state index in [1.807, 2.05) is 0 Å². The molecule has 1 aromatic rings. The summed E-state index contributed by atoms with van der Waals surface area (Å²) in [5.41, 5.74) is 1.36. The second kappa shape index (κ2) is 6.80. The Kier molecular flexibility index (Phi) is 4.81. The molecule has 1 N–H and O–H groups in total. The van der Waals surface area contributed by atoms with Crippen molar-refractivity contribution in [2.45, 2.75) is 57.7 Å². The van der Waals surface area contributed by atoms with Gasteiger partial charge in [0.05, 0.1) is 0 Å². The first kappa shape index (κ1) is 14.9. The van der Waals surface area contributed by atoms with Crippen LogP contribution >= 0.6 is 0 Å². The van der Waals surface area contributed by atoms with Gasteiger partial charge in [-0.3, -0.25) is 0 Å². The molecular formula is C18H28N2O. The lowest BCUT2D eigenvalue weighted by molar-refractivity contribution is 0.213. The highest BCUT2D eigenvalue weighted by Crippen LogP contribution is 2.27. The molecule has 3 heteroatoms. The number of likely N-dealkylation sites (tertiary alicyclic amines) is 1. The van der Waals surface area contributed by atoms with Crippen LogP contribution in [0, 0.1) is 0 Å². The Hall–Kier alpha value is -1.06. The summed E-state index contributed by atoms with van der Waals surface area (Å²) in [6, 6.07) is 9.75. The van der Waals surface area contributed by atoms with Crippen LogP contribution in [-0.2, 0) is 6.42 Å². The van der Waals surface area contributed by atoms with Crippen molar-refractivity contribution in [3.63, 3.8) is 0 Å². The zero-order valence-electron chi connectivity index (χ0n) is 13.3. The molecule has 0 radical (unpaired) electrons. The third kappa shape index (κ3) is 3.78. The van der Waals surface area contributed by atoms with Crippen molar-refractivity contribution in [1.29, 1.82) is 0 Å². The van der Waals surface area contributed by atoms with E-state index in [4.69, 9.17) is 4.74 Å². The van der Waals surface area contributed by atoms with Crippen molar-refractivity contribution >= 4 is 0 Å². The zero-order valence-corrected chi connectivity index (χ0v) is 13.3. The lowest BCUT2D eigenvalue weighted by atomic mass is 10.1. The molecule has 116 valence electrons. The second-order valence-electron chi connectivity index (χ2n) is 6.72. The molecule has 1 aromatic carbocycles. The predicted octanol–water partition coefficient (Wildman–Crippen LogP) is 2.84. The first-order valence-corrected chi connectivity index (χ1v) is 8.44. The molecule has 0 saturated carbocycles. The Balaban J connectivity index is 1.44. The summed E-state index contributed by atoms with van der Waals surface area (Å²) in [7, 11) is 0. The van der Waals surface area contributed by atoms with Crippen LogP contribution < -0.4 is 10.1 Å². The van der Waals surface area contributed by atoms with E-state index in [0.717, 1.165) is 18.7 Å². The fourth-order valence-electron chi connectivity index (χ4n) is 3.50. The molecule has 2 aliphatic rings. The van der Waals surface area contributed by atoms with Crippen molar-refractivity contribution in [1.82, 2.24) is 10.2 Å². The molecule has 0 aliphatic carbocycles. The summed E-state index contributed by atoms with van der Waals surface area (Å²) in [5.74, 6) is 1.08. The van der Waals surface area contributed by atoms with Crippen molar-refractivity contribution in [3.8, 4) is 5.75 Å². The largest absolute Gasteiger partial charge is 0.488 e. The Bertz CT molecular complexity index is 435. The van der Waals surface area contributed by atoms with Crippen molar-refractivity contribution in [2.24, 2.45) is 0 Å². The molecule has 21 heavy (non-hydrogen) atoms. The van der Waals surface area contributed by atoms with Gasteiger partial charge in [0.2, 0.25) is 0 Å². The summed E-state index contributed by atoms with van der Waals surface area (Å²) in [4.78, 5) is 2.60. The van der Waals surface area contributed by atoms with E-state index in [1.54, 1.807) is 0 Å². The lowest BCUT2D eigenvalue weighted by Gasteiger charge is -2.24. The molecule has 3 rings (SSSR count). The van der Waals surface area contributed by atoms with Gasteiger partial charge in [-0.25, -0.2) is 0 Å². The van der Waals surface area contributed by atoms with E-state index >= 15 is 0 Å². The SMILES string of the molecule is CC(C)N1CCCC(NCC2Cc3ccccc3O2)CC1. The monoisotopic (exact) mass is 288 g/mol. The number of nitrogens with zero attached hydrogens (tertiary/aromatic N) is 1. The number of nitrogens with one attached hydrogen (secondary N) is 1. The topological polar surface area (TPSA) is 24.5 Å². The molecule has 3 nitrogen and oxygen atoms in total. The summed E-state index contributed by atoms with van der Waals surface area (Å²) in [6.45, 7) is 8.05. The number of fused-ring (bicyclic) bond motifs is 1. The summed E-state index contributed by atoms with van der Waals surface area (Å²) >= 11 is 0. The number of para-hydroxylation sites is 1. The van der Waals surface area contributed by atoms with Crippen LogP contribution in [0.4, 0.5) is 0 Å². The molecule has 0 bridgehead atoms. The minimum absolute atomic E-state index is 0.312. The molecule has 0 amide bonds. The van der Waals surface area contributed by atoms with Crippen LogP contribution in [0.3, 0.4) is 0 Å². The third-order valence-corrected chi connectivity index (χ3v) is 4.84. The summed E-state index contributed by atoms with van der Waals surface area (Å²) in [6.07, 6.45) is 5.22. The van der Waals surface area contributed by atoms with Crippen molar-refractivity contribution in [2.75, 3.05) is 19.6 Å². The van der Waals surface area contributed by atoms with Gasteiger partial charge in [0.15, 0.2) is 0 Å². The fraction of sp³-hybridized carbons (Fsp3) is 0.667. The van der Waals surface area contributed by atoms with Gasteiger partial charge in [0, 0.05) is 25.0 Å². The number of hydrogen-bond acceptors (Lipinski definition) is 3. The predicted molar refractivity (Wildman–Crippen MR) is 86.9 cm³/mol. The first-order chi connectivity index (χ1) is 10.2. The van der Waals surface area contributed by atoms with E-state index in [1.165, 1.54) is 37.9 Å². The number of rotatable bonds is 4. The van der Waals surface area contributed by atoms with Gasteiger partial charge in [-0.1, -0.05) is 18.2 Å². The van der Waals surface area contributed by atoms with Gasteiger partial charge in [0.25, 0.3) is 0 Å². The van der Waals surface area contributed by atoms with Crippen LogP contribution in [0.5, 0.6) is 5.75 Å². The number of ether oxygens (including phenoxy) is 1. The van der Waals surface area contributed by atoms with Crippen LogP contribution in [-0.4, -0.2) is 42.7 Å². The fourth-order valence-corrected chi connectivity index (χ4v) is 3.50. The van der Waals surface area contributed by atoms with Crippen molar-refractivity contribution < 1.29 is 4.74 Å². The van der Waals surface area contributed by atoms with E-state index in [9.17, 15) is 0 Å². The van der Waals surface area contributed by atoms with E-state index in [0.29, 0.717) is 18.2 Å².